The van der Waals surface area contributed by atoms with Crippen LogP contribution in [0.25, 0.3) is 0 Å². The fourth-order valence-electron chi connectivity index (χ4n) is 1.70. The van der Waals surface area contributed by atoms with Crippen molar-refractivity contribution in [1.29, 1.82) is 0 Å². The largest absolute Gasteiger partial charge is 0.450 e. The van der Waals surface area contributed by atoms with Gasteiger partial charge in [0.25, 0.3) is 5.69 Å². The van der Waals surface area contributed by atoms with Crippen LogP contribution in [0.2, 0.25) is 0 Å². The zero-order valence-electron chi connectivity index (χ0n) is 10.9. The molecule has 0 unspecified atom stereocenters. The number of hydrogen-bond donors (Lipinski definition) is 1. The lowest BCUT2D eigenvalue weighted by Crippen LogP contribution is -1.96. The van der Waals surface area contributed by atoms with Gasteiger partial charge in [0.2, 0.25) is 5.75 Å². The van der Waals surface area contributed by atoms with Crippen molar-refractivity contribution in [2.75, 3.05) is 0 Å². The van der Waals surface area contributed by atoms with Gasteiger partial charge in [0.1, 0.15) is 5.75 Å². The van der Waals surface area contributed by atoms with Crippen LogP contribution in [0.5, 0.6) is 11.5 Å². The second-order valence-electron chi connectivity index (χ2n) is 4.09. The van der Waals surface area contributed by atoms with Crippen LogP contribution >= 0.6 is 0 Å². The van der Waals surface area contributed by atoms with Gasteiger partial charge in [0, 0.05) is 6.07 Å². The summed E-state index contributed by atoms with van der Waals surface area (Å²) in [5, 5.41) is 33.0. The van der Waals surface area contributed by atoms with E-state index in [1.807, 2.05) is 0 Å². The van der Waals surface area contributed by atoms with E-state index in [0.29, 0.717) is 5.56 Å². The molecular weight excluding hydrogens is 294 g/mol. The molecular formula is C13H9N3O6. The summed E-state index contributed by atoms with van der Waals surface area (Å²) in [6.07, 6.45) is 1.16. The quantitative estimate of drug-likeness (QED) is 0.391. The first-order chi connectivity index (χ1) is 10.5. The Hall–Kier alpha value is -3.49. The average molecular weight is 303 g/mol. The molecule has 0 aliphatic heterocycles. The summed E-state index contributed by atoms with van der Waals surface area (Å²) in [6, 6.07) is 9.36. The van der Waals surface area contributed by atoms with Gasteiger partial charge in [-0.2, -0.15) is 0 Å². The Morgan fingerprint density at radius 2 is 1.86 bits per heavy atom. The van der Waals surface area contributed by atoms with E-state index in [4.69, 9.17) is 9.94 Å². The lowest BCUT2D eigenvalue weighted by molar-refractivity contribution is -0.394. The molecule has 0 saturated heterocycles. The molecule has 0 saturated carbocycles. The first-order valence-corrected chi connectivity index (χ1v) is 5.89. The summed E-state index contributed by atoms with van der Waals surface area (Å²) < 4.78 is 5.38. The SMILES string of the molecule is O=[N+]([O-])c1ccc(Oc2cccc(/C=N/O)c2)c([N+](=O)[O-])c1. The molecule has 2 rings (SSSR count). The van der Waals surface area contributed by atoms with Gasteiger partial charge >= 0.3 is 5.69 Å². The Labute approximate surface area is 123 Å². The van der Waals surface area contributed by atoms with Crippen molar-refractivity contribution in [3.63, 3.8) is 0 Å². The van der Waals surface area contributed by atoms with Gasteiger partial charge < -0.3 is 9.94 Å². The molecule has 2 aromatic carbocycles. The van der Waals surface area contributed by atoms with Crippen molar-refractivity contribution < 1.29 is 19.8 Å². The summed E-state index contributed by atoms with van der Waals surface area (Å²) in [5.41, 5.74) is -0.403. The lowest BCUT2D eigenvalue weighted by Gasteiger charge is -2.06. The van der Waals surface area contributed by atoms with Crippen LogP contribution < -0.4 is 4.74 Å². The fourth-order valence-corrected chi connectivity index (χ4v) is 1.70. The summed E-state index contributed by atoms with van der Waals surface area (Å²) in [4.78, 5) is 20.2. The molecule has 0 aliphatic rings. The second kappa shape index (κ2) is 6.31. The van der Waals surface area contributed by atoms with Crippen molar-refractivity contribution >= 4 is 17.6 Å². The monoisotopic (exact) mass is 303 g/mol. The van der Waals surface area contributed by atoms with Gasteiger partial charge in [-0.25, -0.2) is 0 Å². The third-order valence-corrected chi connectivity index (χ3v) is 2.64. The Morgan fingerprint density at radius 3 is 2.50 bits per heavy atom. The maximum absolute atomic E-state index is 11.0. The predicted molar refractivity (Wildman–Crippen MR) is 75.6 cm³/mol. The number of non-ortho nitro benzene ring substituents is 1. The maximum atomic E-state index is 11.0. The first kappa shape index (κ1) is 14.9. The molecule has 0 radical (unpaired) electrons. The van der Waals surface area contributed by atoms with Crippen LogP contribution in [-0.4, -0.2) is 21.3 Å². The summed E-state index contributed by atoms with van der Waals surface area (Å²) >= 11 is 0. The van der Waals surface area contributed by atoms with Gasteiger partial charge in [-0.1, -0.05) is 17.3 Å². The van der Waals surface area contributed by atoms with E-state index >= 15 is 0 Å². The minimum Gasteiger partial charge on any atom is -0.450 e. The third kappa shape index (κ3) is 3.33. The highest BCUT2D eigenvalue weighted by Gasteiger charge is 2.21. The number of nitro groups is 2. The second-order valence-corrected chi connectivity index (χ2v) is 4.09. The number of nitrogens with zero attached hydrogens (tertiary/aromatic N) is 3. The van der Waals surface area contributed by atoms with Crippen molar-refractivity contribution in [1.82, 2.24) is 0 Å². The van der Waals surface area contributed by atoms with E-state index in [-0.39, 0.29) is 11.5 Å². The lowest BCUT2D eigenvalue weighted by atomic mass is 10.2. The molecule has 0 aromatic heterocycles. The van der Waals surface area contributed by atoms with Crippen LogP contribution in [-0.2, 0) is 0 Å². The van der Waals surface area contributed by atoms with Crippen LogP contribution in [0.3, 0.4) is 0 Å². The fraction of sp³-hybridized carbons (Fsp3) is 0. The van der Waals surface area contributed by atoms with E-state index < -0.39 is 21.2 Å². The maximum Gasteiger partial charge on any atom is 0.318 e. The standard InChI is InChI=1S/C13H9N3O6/c17-14-8-9-2-1-3-11(6-9)22-13-5-4-10(15(18)19)7-12(13)16(20)21/h1-8,17H/b14-8+. The van der Waals surface area contributed by atoms with E-state index in [1.54, 1.807) is 18.2 Å². The Bertz CT molecular complexity index is 759. The third-order valence-electron chi connectivity index (χ3n) is 2.64. The number of ether oxygens (including phenoxy) is 1. The molecule has 0 aliphatic carbocycles. The molecule has 0 fully saturated rings. The zero-order chi connectivity index (χ0) is 16.1. The molecule has 0 atom stereocenters. The minimum absolute atomic E-state index is 0.131. The van der Waals surface area contributed by atoms with Crippen molar-refractivity contribution in [3.05, 3.63) is 68.3 Å². The number of oxime groups is 1. The number of rotatable bonds is 5. The van der Waals surface area contributed by atoms with Crippen LogP contribution in [0, 0.1) is 20.2 Å². The van der Waals surface area contributed by atoms with E-state index in [1.165, 1.54) is 6.07 Å². The highest BCUT2D eigenvalue weighted by atomic mass is 16.6. The molecule has 22 heavy (non-hydrogen) atoms. The van der Waals surface area contributed by atoms with Gasteiger partial charge in [0.15, 0.2) is 0 Å². The van der Waals surface area contributed by atoms with Gasteiger partial charge in [0.05, 0.1) is 22.1 Å². The van der Waals surface area contributed by atoms with Gasteiger partial charge in [-0.3, -0.25) is 20.2 Å². The number of nitro benzene ring substituents is 2. The molecule has 2 aromatic rings. The van der Waals surface area contributed by atoms with Crippen LogP contribution in [0.1, 0.15) is 5.56 Å². The normalized spacial score (nSPS) is 10.5. The molecule has 1 N–H and O–H groups in total. The van der Waals surface area contributed by atoms with Crippen LogP contribution in [0.4, 0.5) is 11.4 Å². The summed E-state index contributed by atoms with van der Waals surface area (Å²) in [7, 11) is 0. The van der Waals surface area contributed by atoms with E-state index in [0.717, 1.165) is 24.4 Å². The zero-order valence-corrected chi connectivity index (χ0v) is 10.9. The molecule has 0 spiro atoms. The van der Waals surface area contributed by atoms with E-state index in [9.17, 15) is 20.2 Å². The Kier molecular flexibility index (Phi) is 4.27. The van der Waals surface area contributed by atoms with Gasteiger partial charge in [-0.05, 0) is 23.8 Å². The van der Waals surface area contributed by atoms with Crippen LogP contribution in [0.15, 0.2) is 47.6 Å². The first-order valence-electron chi connectivity index (χ1n) is 5.89. The molecule has 112 valence electrons. The number of hydrogen-bond acceptors (Lipinski definition) is 7. The average Bonchev–Trinajstić information content (AvgIpc) is 2.48. The molecule has 9 nitrogen and oxygen atoms in total. The molecule has 0 heterocycles. The smallest absolute Gasteiger partial charge is 0.318 e. The minimum atomic E-state index is -0.763. The van der Waals surface area contributed by atoms with Crippen molar-refractivity contribution in [2.24, 2.45) is 5.16 Å². The Balaban J connectivity index is 2.38. The Morgan fingerprint density at radius 1 is 1.09 bits per heavy atom. The molecule has 0 bridgehead atoms. The summed E-state index contributed by atoms with van der Waals surface area (Å²) in [6.45, 7) is 0. The summed E-state index contributed by atoms with van der Waals surface area (Å²) in [5.74, 6) is 0.128. The highest BCUT2D eigenvalue weighted by molar-refractivity contribution is 5.79. The molecule has 0 amide bonds. The topological polar surface area (TPSA) is 128 Å². The highest BCUT2D eigenvalue weighted by Crippen LogP contribution is 2.34. The molecule has 9 heteroatoms. The number of benzene rings is 2. The van der Waals surface area contributed by atoms with Crippen molar-refractivity contribution in [2.45, 2.75) is 0 Å². The van der Waals surface area contributed by atoms with Crippen molar-refractivity contribution in [3.8, 4) is 11.5 Å². The predicted octanol–water partition coefficient (Wildman–Crippen LogP) is 3.10. The van der Waals surface area contributed by atoms with E-state index in [2.05, 4.69) is 5.16 Å². The van der Waals surface area contributed by atoms with Gasteiger partial charge in [-0.15, -0.1) is 0 Å².